The van der Waals surface area contributed by atoms with Crippen molar-refractivity contribution in [3.05, 3.63) is 29.3 Å². The summed E-state index contributed by atoms with van der Waals surface area (Å²) in [4.78, 5) is 11.6. The first-order chi connectivity index (χ1) is 9.49. The molecule has 1 N–H and O–H groups in total. The molecule has 20 heavy (non-hydrogen) atoms. The van der Waals surface area contributed by atoms with E-state index in [4.69, 9.17) is 16.3 Å². The smallest absolute Gasteiger partial charge is 0.277 e. The van der Waals surface area contributed by atoms with Gasteiger partial charge in [-0.1, -0.05) is 37.6 Å². The van der Waals surface area contributed by atoms with Gasteiger partial charge in [0.25, 0.3) is 5.91 Å². The SMILES string of the molecule is C/C(CCC(C)C)=N/NC(=O)COc1ccccc1Cl. The van der Waals surface area contributed by atoms with Crippen molar-refractivity contribution in [2.45, 2.75) is 33.6 Å². The monoisotopic (exact) mass is 296 g/mol. The highest BCUT2D eigenvalue weighted by atomic mass is 35.5. The van der Waals surface area contributed by atoms with Crippen molar-refractivity contribution in [2.75, 3.05) is 6.61 Å². The highest BCUT2D eigenvalue weighted by molar-refractivity contribution is 6.32. The molecular formula is C15H21ClN2O2. The van der Waals surface area contributed by atoms with Crippen molar-refractivity contribution >= 4 is 23.2 Å². The average Bonchev–Trinajstić information content (AvgIpc) is 2.42. The fourth-order valence-electron chi connectivity index (χ4n) is 1.45. The molecule has 0 aliphatic carbocycles. The van der Waals surface area contributed by atoms with E-state index in [2.05, 4.69) is 24.4 Å². The highest BCUT2D eigenvalue weighted by Gasteiger charge is 2.04. The van der Waals surface area contributed by atoms with Gasteiger partial charge in [-0.15, -0.1) is 0 Å². The Bertz CT molecular complexity index is 473. The fraction of sp³-hybridized carbons (Fsp3) is 0.467. The van der Waals surface area contributed by atoms with Gasteiger partial charge < -0.3 is 4.74 Å². The molecule has 1 amide bonds. The van der Waals surface area contributed by atoms with Gasteiger partial charge in [0.15, 0.2) is 6.61 Å². The summed E-state index contributed by atoms with van der Waals surface area (Å²) in [6.45, 7) is 6.11. The zero-order valence-electron chi connectivity index (χ0n) is 12.1. The van der Waals surface area contributed by atoms with Crippen LogP contribution in [0.3, 0.4) is 0 Å². The molecule has 0 bridgehead atoms. The first-order valence-electron chi connectivity index (χ1n) is 6.68. The minimum Gasteiger partial charge on any atom is -0.482 e. The van der Waals surface area contributed by atoms with Crippen molar-refractivity contribution in [1.29, 1.82) is 0 Å². The molecule has 110 valence electrons. The molecule has 1 aromatic carbocycles. The molecule has 4 nitrogen and oxygen atoms in total. The van der Waals surface area contributed by atoms with Gasteiger partial charge in [-0.25, -0.2) is 5.43 Å². The van der Waals surface area contributed by atoms with Crippen molar-refractivity contribution in [3.8, 4) is 5.75 Å². The number of nitrogens with one attached hydrogen (secondary N) is 1. The van der Waals surface area contributed by atoms with Crippen molar-refractivity contribution in [2.24, 2.45) is 11.0 Å². The summed E-state index contributed by atoms with van der Waals surface area (Å²) >= 11 is 5.92. The maximum atomic E-state index is 11.6. The van der Waals surface area contributed by atoms with Crippen molar-refractivity contribution < 1.29 is 9.53 Å². The average molecular weight is 297 g/mol. The van der Waals surface area contributed by atoms with E-state index in [0.29, 0.717) is 16.7 Å². The lowest BCUT2D eigenvalue weighted by molar-refractivity contribution is -0.123. The lowest BCUT2D eigenvalue weighted by atomic mass is 10.1. The summed E-state index contributed by atoms with van der Waals surface area (Å²) in [5.41, 5.74) is 3.38. The molecular weight excluding hydrogens is 276 g/mol. The van der Waals surface area contributed by atoms with E-state index in [1.165, 1.54) is 0 Å². The topological polar surface area (TPSA) is 50.7 Å². The molecule has 0 atom stereocenters. The molecule has 0 aliphatic heterocycles. The molecule has 5 heteroatoms. The number of ether oxygens (including phenoxy) is 1. The summed E-state index contributed by atoms with van der Waals surface area (Å²) in [6.07, 6.45) is 1.94. The van der Waals surface area contributed by atoms with E-state index in [1.54, 1.807) is 24.3 Å². The van der Waals surface area contributed by atoms with Gasteiger partial charge >= 0.3 is 0 Å². The Morgan fingerprint density at radius 3 is 2.75 bits per heavy atom. The minimum absolute atomic E-state index is 0.106. The Hall–Kier alpha value is -1.55. The van der Waals surface area contributed by atoms with Gasteiger partial charge in [0.1, 0.15) is 5.75 Å². The van der Waals surface area contributed by atoms with E-state index in [1.807, 2.05) is 6.92 Å². The van der Waals surface area contributed by atoms with Gasteiger partial charge in [0.05, 0.1) is 5.02 Å². The van der Waals surface area contributed by atoms with E-state index in [-0.39, 0.29) is 12.5 Å². The second kappa shape index (κ2) is 8.59. The summed E-state index contributed by atoms with van der Waals surface area (Å²) in [7, 11) is 0. The molecule has 0 saturated carbocycles. The number of carbonyl (C=O) groups is 1. The van der Waals surface area contributed by atoms with Crippen LogP contribution >= 0.6 is 11.6 Å². The van der Waals surface area contributed by atoms with Crippen LogP contribution in [0.5, 0.6) is 5.75 Å². The summed E-state index contributed by atoms with van der Waals surface area (Å²) < 4.78 is 5.32. The quantitative estimate of drug-likeness (QED) is 0.617. The molecule has 1 rings (SSSR count). The van der Waals surface area contributed by atoms with E-state index in [0.717, 1.165) is 18.6 Å². The van der Waals surface area contributed by atoms with Gasteiger partial charge in [0, 0.05) is 5.71 Å². The molecule has 0 aliphatic rings. The number of amides is 1. The summed E-state index contributed by atoms with van der Waals surface area (Å²) in [5.74, 6) is 0.818. The van der Waals surface area contributed by atoms with Crippen LogP contribution in [-0.4, -0.2) is 18.2 Å². The first-order valence-corrected chi connectivity index (χ1v) is 7.06. The van der Waals surface area contributed by atoms with Crippen LogP contribution in [0.1, 0.15) is 33.6 Å². The number of halogens is 1. The maximum absolute atomic E-state index is 11.6. The number of hydrogen-bond acceptors (Lipinski definition) is 3. The Balaban J connectivity index is 2.33. The van der Waals surface area contributed by atoms with E-state index >= 15 is 0 Å². The molecule has 0 saturated heterocycles. The molecule has 0 radical (unpaired) electrons. The number of hydrogen-bond donors (Lipinski definition) is 1. The molecule has 0 aromatic heterocycles. The molecule has 0 fully saturated rings. The second-order valence-corrected chi connectivity index (χ2v) is 5.44. The number of benzene rings is 1. The van der Waals surface area contributed by atoms with Crippen LogP contribution in [-0.2, 0) is 4.79 Å². The zero-order valence-corrected chi connectivity index (χ0v) is 12.9. The van der Waals surface area contributed by atoms with Gasteiger partial charge in [-0.2, -0.15) is 5.10 Å². The molecule has 1 aromatic rings. The fourth-order valence-corrected chi connectivity index (χ4v) is 1.64. The predicted octanol–water partition coefficient (Wildman–Crippen LogP) is 3.65. The van der Waals surface area contributed by atoms with Gasteiger partial charge in [-0.3, -0.25) is 4.79 Å². The zero-order chi connectivity index (χ0) is 15.0. The number of hydrazone groups is 1. The van der Waals surface area contributed by atoms with Gasteiger partial charge in [0.2, 0.25) is 0 Å². The Morgan fingerprint density at radius 2 is 2.10 bits per heavy atom. The third-order valence-electron chi connectivity index (χ3n) is 2.65. The Morgan fingerprint density at radius 1 is 1.40 bits per heavy atom. The maximum Gasteiger partial charge on any atom is 0.277 e. The molecule has 0 spiro atoms. The molecule has 0 unspecified atom stereocenters. The Labute approximate surface area is 125 Å². The number of rotatable bonds is 7. The van der Waals surface area contributed by atoms with E-state index < -0.39 is 0 Å². The van der Waals surface area contributed by atoms with Gasteiger partial charge in [-0.05, 0) is 37.8 Å². The highest BCUT2D eigenvalue weighted by Crippen LogP contribution is 2.22. The van der Waals surface area contributed by atoms with Crippen LogP contribution in [0.15, 0.2) is 29.4 Å². The number of carbonyl (C=O) groups excluding carboxylic acids is 1. The van der Waals surface area contributed by atoms with Crippen molar-refractivity contribution in [3.63, 3.8) is 0 Å². The number of para-hydroxylation sites is 1. The van der Waals surface area contributed by atoms with Crippen LogP contribution in [0.2, 0.25) is 5.02 Å². The third kappa shape index (κ3) is 6.57. The van der Waals surface area contributed by atoms with E-state index in [9.17, 15) is 4.79 Å². The largest absolute Gasteiger partial charge is 0.482 e. The first kappa shape index (κ1) is 16.5. The Kier molecular flexibility index (Phi) is 7.09. The second-order valence-electron chi connectivity index (χ2n) is 5.03. The standard InChI is InChI=1S/C15H21ClN2O2/c1-11(2)8-9-12(3)17-18-15(19)10-20-14-7-5-4-6-13(14)16/h4-7,11H,8-10H2,1-3H3,(H,18,19)/b17-12-. The summed E-state index contributed by atoms with van der Waals surface area (Å²) in [5, 5.41) is 4.52. The van der Waals surface area contributed by atoms with Crippen LogP contribution in [0, 0.1) is 5.92 Å². The van der Waals surface area contributed by atoms with Crippen LogP contribution < -0.4 is 10.2 Å². The van der Waals surface area contributed by atoms with Crippen LogP contribution in [0.4, 0.5) is 0 Å². The minimum atomic E-state index is -0.297. The molecule has 0 heterocycles. The summed E-state index contributed by atoms with van der Waals surface area (Å²) in [6, 6.07) is 7.03. The lowest BCUT2D eigenvalue weighted by Crippen LogP contribution is -2.25. The normalized spacial score (nSPS) is 11.6. The number of nitrogens with zero attached hydrogens (tertiary/aromatic N) is 1. The van der Waals surface area contributed by atoms with Crippen LogP contribution in [0.25, 0.3) is 0 Å². The third-order valence-corrected chi connectivity index (χ3v) is 2.96. The predicted molar refractivity (Wildman–Crippen MR) is 82.3 cm³/mol. The van der Waals surface area contributed by atoms with Crippen molar-refractivity contribution in [1.82, 2.24) is 5.43 Å². The lowest BCUT2D eigenvalue weighted by Gasteiger charge is -2.07.